The predicted molar refractivity (Wildman–Crippen MR) is 63.4 cm³/mol. The van der Waals surface area contributed by atoms with Crippen molar-refractivity contribution >= 4 is 23.3 Å². The van der Waals surface area contributed by atoms with Gasteiger partial charge in [0.15, 0.2) is 0 Å². The number of nitrogens with one attached hydrogen (secondary N) is 2. The van der Waals surface area contributed by atoms with Gasteiger partial charge in [0.1, 0.15) is 23.1 Å². The molecule has 92 valence electrons. The number of hydrogen-bond acceptors (Lipinski definition) is 5. The number of nitrogens with zero attached hydrogens (tertiary/aromatic N) is 4. The molecular formula is C10H9ClN6O. The van der Waals surface area contributed by atoms with E-state index in [2.05, 4.69) is 30.5 Å². The van der Waals surface area contributed by atoms with Crippen LogP contribution in [0.25, 0.3) is 0 Å². The Kier molecular flexibility index (Phi) is 2.67. The lowest BCUT2D eigenvalue weighted by atomic mass is 10.4. The second kappa shape index (κ2) is 4.34. The zero-order valence-electron chi connectivity index (χ0n) is 9.22. The molecule has 1 amide bonds. The number of aromatic nitrogens is 5. The summed E-state index contributed by atoms with van der Waals surface area (Å²) >= 11 is 5.69. The molecule has 0 spiro atoms. The second-order valence-corrected chi connectivity index (χ2v) is 4.39. The van der Waals surface area contributed by atoms with E-state index in [1.165, 1.54) is 12.4 Å². The lowest BCUT2D eigenvalue weighted by molar-refractivity contribution is 0.101. The van der Waals surface area contributed by atoms with Crippen molar-refractivity contribution in [3.8, 4) is 0 Å². The molecule has 0 radical (unpaired) electrons. The first kappa shape index (κ1) is 11.1. The van der Waals surface area contributed by atoms with Crippen LogP contribution in [0.4, 0.5) is 5.82 Å². The molecule has 3 rings (SSSR count). The molecule has 18 heavy (non-hydrogen) atoms. The quantitative estimate of drug-likeness (QED) is 0.817. The molecule has 2 N–H and O–H groups in total. The summed E-state index contributed by atoms with van der Waals surface area (Å²) in [6, 6.07) is 1.45. The van der Waals surface area contributed by atoms with Gasteiger partial charge in [-0.2, -0.15) is 0 Å². The van der Waals surface area contributed by atoms with Gasteiger partial charge in [-0.3, -0.25) is 9.89 Å². The Labute approximate surface area is 107 Å². The number of rotatable bonds is 3. The van der Waals surface area contributed by atoms with Crippen LogP contribution in [-0.2, 0) is 0 Å². The third-order valence-electron chi connectivity index (χ3n) is 2.55. The van der Waals surface area contributed by atoms with Crippen molar-refractivity contribution in [2.24, 2.45) is 0 Å². The normalized spacial score (nSPS) is 14.5. The third kappa shape index (κ3) is 2.30. The fraction of sp³-hybridized carbons (Fsp3) is 0.300. The predicted octanol–water partition coefficient (Wildman–Crippen LogP) is 1.38. The molecular weight excluding hydrogens is 256 g/mol. The smallest absolute Gasteiger partial charge is 0.296 e. The number of hydrogen-bond donors (Lipinski definition) is 2. The standard InChI is InChI=1S/C10H9ClN6O/c11-6-3-7(13-4-12-6)14-10(18)9-15-8(16-17-9)5-1-2-5/h3-5H,1-2H2,(H,15,16,17)(H,12,13,14,18). The van der Waals surface area contributed by atoms with Crippen LogP contribution in [0, 0.1) is 0 Å². The van der Waals surface area contributed by atoms with Gasteiger partial charge in [-0.05, 0) is 12.8 Å². The van der Waals surface area contributed by atoms with Crippen molar-refractivity contribution in [2.75, 3.05) is 5.32 Å². The van der Waals surface area contributed by atoms with Crippen molar-refractivity contribution in [3.05, 3.63) is 29.2 Å². The van der Waals surface area contributed by atoms with Crippen LogP contribution in [0.3, 0.4) is 0 Å². The van der Waals surface area contributed by atoms with E-state index in [0.29, 0.717) is 11.7 Å². The van der Waals surface area contributed by atoms with E-state index in [1.54, 1.807) is 0 Å². The summed E-state index contributed by atoms with van der Waals surface area (Å²) in [5, 5.41) is 9.45. The Balaban J connectivity index is 1.73. The Morgan fingerprint density at radius 3 is 3.00 bits per heavy atom. The molecule has 2 heterocycles. The van der Waals surface area contributed by atoms with Gasteiger partial charge < -0.3 is 5.32 Å². The van der Waals surface area contributed by atoms with Crippen LogP contribution in [0.1, 0.15) is 35.2 Å². The Hall–Kier alpha value is -2.02. The summed E-state index contributed by atoms with van der Waals surface area (Å²) in [6.45, 7) is 0. The molecule has 8 heteroatoms. The van der Waals surface area contributed by atoms with E-state index in [4.69, 9.17) is 11.6 Å². The Morgan fingerprint density at radius 1 is 1.44 bits per heavy atom. The highest BCUT2D eigenvalue weighted by atomic mass is 35.5. The Bertz CT molecular complexity index is 594. The number of anilines is 1. The summed E-state index contributed by atoms with van der Waals surface area (Å²) in [4.78, 5) is 23.5. The average Bonchev–Trinajstić information content (AvgIpc) is 3.07. The molecule has 7 nitrogen and oxygen atoms in total. The molecule has 0 unspecified atom stereocenters. The molecule has 1 aliphatic rings. The minimum Gasteiger partial charge on any atom is -0.304 e. The third-order valence-corrected chi connectivity index (χ3v) is 2.75. The number of aromatic amines is 1. The van der Waals surface area contributed by atoms with Crippen LogP contribution in [0.5, 0.6) is 0 Å². The monoisotopic (exact) mass is 264 g/mol. The van der Waals surface area contributed by atoms with Crippen molar-refractivity contribution in [3.63, 3.8) is 0 Å². The first-order valence-electron chi connectivity index (χ1n) is 5.43. The maximum Gasteiger partial charge on any atom is 0.296 e. The molecule has 0 bridgehead atoms. The molecule has 1 saturated carbocycles. The van der Waals surface area contributed by atoms with Gasteiger partial charge in [0.05, 0.1) is 0 Å². The van der Waals surface area contributed by atoms with Gasteiger partial charge in [-0.25, -0.2) is 15.0 Å². The van der Waals surface area contributed by atoms with E-state index < -0.39 is 5.91 Å². The summed E-state index contributed by atoms with van der Waals surface area (Å²) in [5.74, 6) is 1.19. The van der Waals surface area contributed by atoms with E-state index >= 15 is 0 Å². The summed E-state index contributed by atoms with van der Waals surface area (Å²) in [5.41, 5.74) is 0. The minimum absolute atomic E-state index is 0.103. The highest BCUT2D eigenvalue weighted by molar-refractivity contribution is 6.29. The van der Waals surface area contributed by atoms with Gasteiger partial charge in [-0.1, -0.05) is 11.6 Å². The first-order chi connectivity index (χ1) is 8.72. The fourth-order valence-corrected chi connectivity index (χ4v) is 1.64. The van der Waals surface area contributed by atoms with E-state index in [1.807, 2.05) is 0 Å². The van der Waals surface area contributed by atoms with E-state index in [-0.39, 0.29) is 11.0 Å². The minimum atomic E-state index is -0.423. The maximum atomic E-state index is 11.8. The number of H-pyrrole nitrogens is 1. The number of carbonyl (C=O) groups excluding carboxylic acids is 1. The topological polar surface area (TPSA) is 96.5 Å². The van der Waals surface area contributed by atoms with Crippen LogP contribution < -0.4 is 5.32 Å². The lowest BCUT2D eigenvalue weighted by Gasteiger charge is -2.00. The first-order valence-corrected chi connectivity index (χ1v) is 5.81. The molecule has 0 aliphatic heterocycles. The van der Waals surface area contributed by atoms with Gasteiger partial charge in [0.2, 0.25) is 5.82 Å². The van der Waals surface area contributed by atoms with Crippen molar-refractivity contribution in [2.45, 2.75) is 18.8 Å². The summed E-state index contributed by atoms with van der Waals surface area (Å²) in [6.07, 6.45) is 3.46. The molecule has 0 saturated heterocycles. The van der Waals surface area contributed by atoms with Gasteiger partial charge in [0, 0.05) is 12.0 Å². The van der Waals surface area contributed by atoms with Crippen LogP contribution >= 0.6 is 11.6 Å². The lowest BCUT2D eigenvalue weighted by Crippen LogP contribution is -2.14. The van der Waals surface area contributed by atoms with Crippen molar-refractivity contribution < 1.29 is 4.79 Å². The molecule has 0 atom stereocenters. The zero-order chi connectivity index (χ0) is 12.5. The molecule has 0 aromatic carbocycles. The largest absolute Gasteiger partial charge is 0.304 e. The highest BCUT2D eigenvalue weighted by Crippen LogP contribution is 2.37. The molecule has 1 aliphatic carbocycles. The zero-order valence-corrected chi connectivity index (χ0v) is 9.98. The molecule has 1 fully saturated rings. The molecule has 2 aromatic rings. The van der Waals surface area contributed by atoms with E-state index in [9.17, 15) is 4.79 Å². The van der Waals surface area contributed by atoms with Crippen LogP contribution in [-0.4, -0.2) is 31.1 Å². The maximum absolute atomic E-state index is 11.8. The number of carbonyl (C=O) groups is 1. The van der Waals surface area contributed by atoms with E-state index in [0.717, 1.165) is 18.7 Å². The van der Waals surface area contributed by atoms with Crippen LogP contribution in [0.2, 0.25) is 5.15 Å². The van der Waals surface area contributed by atoms with Gasteiger partial charge in [-0.15, -0.1) is 5.10 Å². The fourth-order valence-electron chi connectivity index (χ4n) is 1.49. The van der Waals surface area contributed by atoms with Gasteiger partial charge >= 0.3 is 0 Å². The SMILES string of the molecule is O=C(Nc1cc(Cl)ncn1)c1n[nH]c(C2CC2)n1. The highest BCUT2D eigenvalue weighted by Gasteiger charge is 2.28. The van der Waals surface area contributed by atoms with Crippen molar-refractivity contribution in [1.29, 1.82) is 0 Å². The Morgan fingerprint density at radius 2 is 2.28 bits per heavy atom. The van der Waals surface area contributed by atoms with Crippen LogP contribution in [0.15, 0.2) is 12.4 Å². The summed E-state index contributed by atoms with van der Waals surface area (Å²) < 4.78 is 0. The van der Waals surface area contributed by atoms with Gasteiger partial charge in [0.25, 0.3) is 5.91 Å². The average molecular weight is 265 g/mol. The molecule has 2 aromatic heterocycles. The second-order valence-electron chi connectivity index (χ2n) is 4.00. The summed E-state index contributed by atoms with van der Waals surface area (Å²) in [7, 11) is 0. The number of halogens is 1. The number of amides is 1. The van der Waals surface area contributed by atoms with Crippen molar-refractivity contribution in [1.82, 2.24) is 25.1 Å².